The molecule has 20 heavy (non-hydrogen) atoms. The van der Waals surface area contributed by atoms with Crippen LogP contribution < -0.4 is 10.6 Å². The molecule has 1 saturated carbocycles. The zero-order chi connectivity index (χ0) is 14.4. The van der Waals surface area contributed by atoms with E-state index in [1.165, 1.54) is 0 Å². The molecule has 2 amide bonds. The lowest BCUT2D eigenvalue weighted by Crippen LogP contribution is -2.28. The molecule has 5 nitrogen and oxygen atoms in total. The molecule has 1 aliphatic carbocycles. The molecule has 0 spiro atoms. The molecule has 0 heterocycles. The molecular formula is C15H20N2O3. The van der Waals surface area contributed by atoms with Gasteiger partial charge in [0.25, 0.3) is 5.91 Å². The largest absolute Gasteiger partial charge is 0.396 e. The molecule has 0 unspecified atom stereocenters. The zero-order valence-corrected chi connectivity index (χ0v) is 11.4. The van der Waals surface area contributed by atoms with Crippen molar-refractivity contribution in [3.05, 3.63) is 29.8 Å². The van der Waals surface area contributed by atoms with Gasteiger partial charge in [-0.15, -0.1) is 0 Å². The van der Waals surface area contributed by atoms with Crippen molar-refractivity contribution in [1.29, 1.82) is 0 Å². The molecule has 1 aliphatic rings. The van der Waals surface area contributed by atoms with Crippen molar-refractivity contribution in [1.82, 2.24) is 5.32 Å². The summed E-state index contributed by atoms with van der Waals surface area (Å²) in [6, 6.07) is 6.84. The van der Waals surface area contributed by atoms with E-state index in [-0.39, 0.29) is 24.3 Å². The van der Waals surface area contributed by atoms with E-state index in [0.717, 1.165) is 19.3 Å². The summed E-state index contributed by atoms with van der Waals surface area (Å²) in [6.45, 7) is 0.516. The number of benzene rings is 1. The van der Waals surface area contributed by atoms with Crippen LogP contribution in [0.5, 0.6) is 0 Å². The van der Waals surface area contributed by atoms with Gasteiger partial charge in [-0.05, 0) is 43.5 Å². The van der Waals surface area contributed by atoms with Crippen LogP contribution in [0.3, 0.4) is 0 Å². The molecule has 0 aliphatic heterocycles. The van der Waals surface area contributed by atoms with E-state index < -0.39 is 0 Å². The van der Waals surface area contributed by atoms with Crippen LogP contribution in [0.15, 0.2) is 24.3 Å². The Kier molecular flexibility index (Phi) is 5.12. The Labute approximate surface area is 118 Å². The number of rotatable bonds is 6. The van der Waals surface area contributed by atoms with E-state index in [1.54, 1.807) is 24.3 Å². The normalized spacial score (nSPS) is 14.4. The second-order valence-electron chi connectivity index (χ2n) is 5.03. The number of hydrogen-bond acceptors (Lipinski definition) is 3. The van der Waals surface area contributed by atoms with Crippen molar-refractivity contribution in [3.8, 4) is 0 Å². The molecule has 2 rings (SSSR count). The van der Waals surface area contributed by atoms with Crippen LogP contribution in [0, 0.1) is 5.92 Å². The standard InChI is InChI=1S/C15H20N2O3/c18-10-2-9-16-14(19)12-5-7-13(8-6-12)17-15(20)11-3-1-4-11/h5-8,11,18H,1-4,9-10H2,(H,16,19)(H,17,20). The second-order valence-corrected chi connectivity index (χ2v) is 5.03. The highest BCUT2D eigenvalue weighted by atomic mass is 16.3. The highest BCUT2D eigenvalue weighted by Gasteiger charge is 2.25. The van der Waals surface area contributed by atoms with E-state index in [2.05, 4.69) is 10.6 Å². The Balaban J connectivity index is 1.85. The fraction of sp³-hybridized carbons (Fsp3) is 0.467. The second kappa shape index (κ2) is 7.05. The van der Waals surface area contributed by atoms with E-state index >= 15 is 0 Å². The predicted octanol–water partition coefficient (Wildman–Crippen LogP) is 1.54. The summed E-state index contributed by atoms with van der Waals surface area (Å²) in [6.07, 6.45) is 3.61. The lowest BCUT2D eigenvalue weighted by atomic mass is 9.85. The molecule has 0 aromatic heterocycles. The summed E-state index contributed by atoms with van der Waals surface area (Å²) in [5, 5.41) is 14.2. The van der Waals surface area contributed by atoms with Gasteiger partial charge in [0.1, 0.15) is 0 Å². The molecule has 108 valence electrons. The summed E-state index contributed by atoms with van der Waals surface area (Å²) < 4.78 is 0. The zero-order valence-electron chi connectivity index (χ0n) is 11.4. The van der Waals surface area contributed by atoms with Gasteiger partial charge in [-0.3, -0.25) is 9.59 Å². The number of aliphatic hydroxyl groups is 1. The van der Waals surface area contributed by atoms with Gasteiger partial charge in [0.15, 0.2) is 0 Å². The van der Waals surface area contributed by atoms with Gasteiger partial charge in [0.2, 0.25) is 5.91 Å². The van der Waals surface area contributed by atoms with Gasteiger partial charge in [0, 0.05) is 30.3 Å². The van der Waals surface area contributed by atoms with Gasteiger partial charge in [-0.1, -0.05) is 6.42 Å². The minimum atomic E-state index is -0.171. The Hall–Kier alpha value is -1.88. The van der Waals surface area contributed by atoms with Crippen LogP contribution in [0.25, 0.3) is 0 Å². The lowest BCUT2D eigenvalue weighted by Gasteiger charge is -2.24. The molecular weight excluding hydrogens is 256 g/mol. The van der Waals surface area contributed by atoms with E-state index in [4.69, 9.17) is 5.11 Å². The average molecular weight is 276 g/mol. The highest BCUT2D eigenvalue weighted by Crippen LogP contribution is 2.27. The maximum atomic E-state index is 11.8. The van der Waals surface area contributed by atoms with Gasteiger partial charge in [0.05, 0.1) is 0 Å². The fourth-order valence-corrected chi connectivity index (χ4v) is 2.00. The number of aliphatic hydroxyl groups excluding tert-OH is 1. The van der Waals surface area contributed by atoms with Crippen LogP contribution in [0.4, 0.5) is 5.69 Å². The first kappa shape index (κ1) is 14.5. The van der Waals surface area contributed by atoms with E-state index in [0.29, 0.717) is 24.2 Å². The Bertz CT molecular complexity index is 467. The molecule has 1 aromatic carbocycles. The summed E-state index contributed by atoms with van der Waals surface area (Å²) in [7, 11) is 0. The van der Waals surface area contributed by atoms with Crippen molar-refractivity contribution in [2.45, 2.75) is 25.7 Å². The Morgan fingerprint density at radius 2 is 1.90 bits per heavy atom. The van der Waals surface area contributed by atoms with Crippen LogP contribution >= 0.6 is 0 Å². The minimum absolute atomic E-state index is 0.0619. The van der Waals surface area contributed by atoms with Crippen molar-refractivity contribution in [2.24, 2.45) is 5.92 Å². The summed E-state index contributed by atoms with van der Waals surface area (Å²) >= 11 is 0. The predicted molar refractivity (Wildman–Crippen MR) is 76.4 cm³/mol. The Morgan fingerprint density at radius 1 is 1.20 bits per heavy atom. The van der Waals surface area contributed by atoms with Crippen LogP contribution in [0.1, 0.15) is 36.0 Å². The van der Waals surface area contributed by atoms with Gasteiger partial charge < -0.3 is 15.7 Å². The number of nitrogens with one attached hydrogen (secondary N) is 2. The smallest absolute Gasteiger partial charge is 0.251 e. The first-order valence-electron chi connectivity index (χ1n) is 7.00. The molecule has 0 radical (unpaired) electrons. The molecule has 1 fully saturated rings. The van der Waals surface area contributed by atoms with Gasteiger partial charge in [-0.25, -0.2) is 0 Å². The molecule has 3 N–H and O–H groups in total. The number of anilines is 1. The number of hydrogen-bond donors (Lipinski definition) is 3. The first-order chi connectivity index (χ1) is 9.70. The van der Waals surface area contributed by atoms with Crippen molar-refractivity contribution in [3.63, 3.8) is 0 Å². The molecule has 0 saturated heterocycles. The summed E-state index contributed by atoms with van der Waals surface area (Å²) in [5.41, 5.74) is 1.26. The monoisotopic (exact) mass is 276 g/mol. The first-order valence-corrected chi connectivity index (χ1v) is 7.00. The lowest BCUT2D eigenvalue weighted by molar-refractivity contribution is -0.122. The number of carbonyl (C=O) groups is 2. The van der Waals surface area contributed by atoms with Gasteiger partial charge >= 0.3 is 0 Å². The third kappa shape index (κ3) is 3.81. The number of amides is 2. The van der Waals surface area contributed by atoms with Gasteiger partial charge in [-0.2, -0.15) is 0 Å². The molecule has 0 bridgehead atoms. The maximum absolute atomic E-state index is 11.8. The quantitative estimate of drug-likeness (QED) is 0.690. The summed E-state index contributed by atoms with van der Waals surface area (Å²) in [4.78, 5) is 23.5. The van der Waals surface area contributed by atoms with Crippen LogP contribution in [-0.4, -0.2) is 30.1 Å². The third-order valence-electron chi connectivity index (χ3n) is 3.51. The topological polar surface area (TPSA) is 78.4 Å². The summed E-state index contributed by atoms with van der Waals surface area (Å²) in [5.74, 6) is 0.0446. The third-order valence-corrected chi connectivity index (χ3v) is 3.51. The Morgan fingerprint density at radius 3 is 2.45 bits per heavy atom. The minimum Gasteiger partial charge on any atom is -0.396 e. The van der Waals surface area contributed by atoms with E-state index in [9.17, 15) is 9.59 Å². The van der Waals surface area contributed by atoms with Crippen LogP contribution in [0.2, 0.25) is 0 Å². The maximum Gasteiger partial charge on any atom is 0.251 e. The van der Waals surface area contributed by atoms with Crippen molar-refractivity contribution in [2.75, 3.05) is 18.5 Å². The molecule has 5 heteroatoms. The van der Waals surface area contributed by atoms with E-state index in [1.807, 2.05) is 0 Å². The average Bonchev–Trinajstić information content (AvgIpc) is 2.37. The number of carbonyl (C=O) groups excluding carboxylic acids is 2. The molecule has 0 atom stereocenters. The van der Waals surface area contributed by atoms with Crippen molar-refractivity contribution < 1.29 is 14.7 Å². The highest BCUT2D eigenvalue weighted by molar-refractivity contribution is 5.96. The van der Waals surface area contributed by atoms with Crippen LogP contribution in [-0.2, 0) is 4.79 Å². The van der Waals surface area contributed by atoms with Crippen molar-refractivity contribution >= 4 is 17.5 Å². The SMILES string of the molecule is O=C(NCCCO)c1ccc(NC(=O)C2CCC2)cc1. The fourth-order valence-electron chi connectivity index (χ4n) is 2.00. The molecule has 1 aromatic rings.